The van der Waals surface area contributed by atoms with Gasteiger partial charge in [0.25, 0.3) is 0 Å². The van der Waals surface area contributed by atoms with Gasteiger partial charge in [-0.3, -0.25) is 0 Å². The molecule has 0 heterocycles. The molecule has 1 saturated carbocycles. The Bertz CT molecular complexity index is 714. The Morgan fingerprint density at radius 3 is 2.38 bits per heavy atom. The highest BCUT2D eigenvalue weighted by Crippen LogP contribution is 2.38. The molecular weight excluding hydrogens is 288 g/mol. The molecule has 1 fully saturated rings. The van der Waals surface area contributed by atoms with Crippen molar-refractivity contribution >= 4 is 5.57 Å². The molecule has 2 aromatic rings. The molecule has 0 aromatic heterocycles. The first-order chi connectivity index (χ1) is 11.6. The zero-order valence-corrected chi connectivity index (χ0v) is 15.6. The summed E-state index contributed by atoms with van der Waals surface area (Å²) in [6.07, 6.45) is 7.53. The van der Waals surface area contributed by atoms with Crippen LogP contribution in [0.3, 0.4) is 0 Å². The fourth-order valence-corrected chi connectivity index (χ4v) is 3.64. The SMILES string of the molecule is CC=C(Cc1ccc(C)cc1C)c1ccc(C(C)CC2CC2)cc1. The summed E-state index contributed by atoms with van der Waals surface area (Å²) in [5, 5.41) is 0. The van der Waals surface area contributed by atoms with Crippen LogP contribution in [0.2, 0.25) is 0 Å². The summed E-state index contributed by atoms with van der Waals surface area (Å²) in [7, 11) is 0. The summed E-state index contributed by atoms with van der Waals surface area (Å²) >= 11 is 0. The normalized spacial score (nSPS) is 16.2. The molecule has 0 bridgehead atoms. The highest BCUT2D eigenvalue weighted by molar-refractivity contribution is 5.68. The van der Waals surface area contributed by atoms with Crippen LogP contribution in [0, 0.1) is 19.8 Å². The second-order valence-corrected chi connectivity index (χ2v) is 7.62. The van der Waals surface area contributed by atoms with Crippen molar-refractivity contribution in [2.75, 3.05) is 0 Å². The van der Waals surface area contributed by atoms with Crippen molar-refractivity contribution in [2.24, 2.45) is 5.92 Å². The Balaban J connectivity index is 1.73. The van der Waals surface area contributed by atoms with Crippen LogP contribution in [0.4, 0.5) is 0 Å². The van der Waals surface area contributed by atoms with Crippen molar-refractivity contribution in [1.82, 2.24) is 0 Å². The first kappa shape index (κ1) is 17.0. The van der Waals surface area contributed by atoms with Gasteiger partial charge in [-0.05, 0) is 73.3 Å². The molecule has 1 aliphatic carbocycles. The van der Waals surface area contributed by atoms with E-state index in [0.717, 1.165) is 12.3 Å². The van der Waals surface area contributed by atoms with Gasteiger partial charge in [0.15, 0.2) is 0 Å². The predicted octanol–water partition coefficient (Wildman–Crippen LogP) is 6.85. The monoisotopic (exact) mass is 318 g/mol. The van der Waals surface area contributed by atoms with E-state index in [1.807, 2.05) is 0 Å². The van der Waals surface area contributed by atoms with Crippen LogP contribution in [0.5, 0.6) is 0 Å². The zero-order chi connectivity index (χ0) is 17.1. The number of hydrogen-bond donors (Lipinski definition) is 0. The Morgan fingerprint density at radius 2 is 1.79 bits per heavy atom. The molecule has 0 radical (unpaired) electrons. The van der Waals surface area contributed by atoms with Crippen LogP contribution in [0.15, 0.2) is 48.5 Å². The third-order valence-corrected chi connectivity index (χ3v) is 5.46. The van der Waals surface area contributed by atoms with Crippen molar-refractivity contribution in [2.45, 2.75) is 59.3 Å². The average molecular weight is 319 g/mol. The Labute approximate surface area is 147 Å². The van der Waals surface area contributed by atoms with Gasteiger partial charge in [0.05, 0.1) is 0 Å². The lowest BCUT2D eigenvalue weighted by atomic mass is 9.91. The highest BCUT2D eigenvalue weighted by Gasteiger charge is 2.24. The first-order valence-electron chi connectivity index (χ1n) is 9.38. The first-order valence-corrected chi connectivity index (χ1v) is 9.38. The molecule has 0 saturated heterocycles. The molecule has 2 aromatic carbocycles. The van der Waals surface area contributed by atoms with Crippen molar-refractivity contribution in [1.29, 1.82) is 0 Å². The predicted molar refractivity (Wildman–Crippen MR) is 105 cm³/mol. The summed E-state index contributed by atoms with van der Waals surface area (Å²) in [6.45, 7) is 8.91. The molecule has 1 atom stereocenters. The summed E-state index contributed by atoms with van der Waals surface area (Å²) < 4.78 is 0. The van der Waals surface area contributed by atoms with Crippen LogP contribution in [0.1, 0.15) is 66.8 Å². The van der Waals surface area contributed by atoms with E-state index in [2.05, 4.69) is 76.2 Å². The quantitative estimate of drug-likeness (QED) is 0.546. The minimum atomic E-state index is 0.694. The van der Waals surface area contributed by atoms with Gasteiger partial charge >= 0.3 is 0 Å². The van der Waals surface area contributed by atoms with E-state index in [1.165, 1.54) is 52.7 Å². The van der Waals surface area contributed by atoms with E-state index in [-0.39, 0.29) is 0 Å². The smallest absolute Gasteiger partial charge is 0.00205 e. The van der Waals surface area contributed by atoms with Crippen LogP contribution in [0.25, 0.3) is 5.57 Å². The lowest BCUT2D eigenvalue weighted by molar-refractivity contribution is 0.619. The molecule has 24 heavy (non-hydrogen) atoms. The summed E-state index contributed by atoms with van der Waals surface area (Å²) in [5.74, 6) is 1.69. The largest absolute Gasteiger partial charge is 0.0835 e. The Morgan fingerprint density at radius 1 is 1.08 bits per heavy atom. The van der Waals surface area contributed by atoms with Gasteiger partial charge in [-0.2, -0.15) is 0 Å². The van der Waals surface area contributed by atoms with Crippen molar-refractivity contribution in [3.05, 3.63) is 76.4 Å². The number of hydrogen-bond acceptors (Lipinski definition) is 0. The molecule has 1 aliphatic rings. The van der Waals surface area contributed by atoms with Gasteiger partial charge in [0.2, 0.25) is 0 Å². The number of benzene rings is 2. The summed E-state index contributed by atoms with van der Waals surface area (Å²) in [5.41, 5.74) is 8.44. The van der Waals surface area contributed by atoms with Gasteiger partial charge in [0, 0.05) is 0 Å². The van der Waals surface area contributed by atoms with E-state index >= 15 is 0 Å². The minimum absolute atomic E-state index is 0.694. The summed E-state index contributed by atoms with van der Waals surface area (Å²) in [4.78, 5) is 0. The Hall–Kier alpha value is -1.82. The fourth-order valence-electron chi connectivity index (χ4n) is 3.64. The molecular formula is C24H30. The molecule has 0 aliphatic heterocycles. The maximum atomic E-state index is 2.37. The fraction of sp³-hybridized carbons (Fsp3) is 0.417. The topological polar surface area (TPSA) is 0 Å². The van der Waals surface area contributed by atoms with Gasteiger partial charge in [-0.1, -0.05) is 73.9 Å². The maximum Gasteiger partial charge on any atom is -0.00205 e. The third-order valence-electron chi connectivity index (χ3n) is 5.46. The second-order valence-electron chi connectivity index (χ2n) is 7.62. The van der Waals surface area contributed by atoms with E-state index in [4.69, 9.17) is 0 Å². The number of aryl methyl sites for hydroxylation is 2. The van der Waals surface area contributed by atoms with Crippen LogP contribution in [-0.2, 0) is 6.42 Å². The molecule has 0 spiro atoms. The van der Waals surface area contributed by atoms with Crippen LogP contribution < -0.4 is 0 Å². The Kier molecular flexibility index (Phi) is 5.23. The van der Waals surface area contributed by atoms with Crippen LogP contribution in [-0.4, -0.2) is 0 Å². The highest BCUT2D eigenvalue weighted by atomic mass is 14.3. The van der Waals surface area contributed by atoms with E-state index in [9.17, 15) is 0 Å². The molecule has 0 amide bonds. The maximum absolute atomic E-state index is 2.37. The van der Waals surface area contributed by atoms with Crippen molar-refractivity contribution in [3.8, 4) is 0 Å². The lowest BCUT2D eigenvalue weighted by Gasteiger charge is -2.14. The number of allylic oxidation sites excluding steroid dienone is 2. The third kappa shape index (κ3) is 4.17. The van der Waals surface area contributed by atoms with Crippen molar-refractivity contribution < 1.29 is 0 Å². The van der Waals surface area contributed by atoms with E-state index in [1.54, 1.807) is 0 Å². The summed E-state index contributed by atoms with van der Waals surface area (Å²) in [6, 6.07) is 16.1. The molecule has 1 unspecified atom stereocenters. The minimum Gasteiger partial charge on any atom is -0.0835 e. The van der Waals surface area contributed by atoms with Gasteiger partial charge in [-0.15, -0.1) is 0 Å². The molecule has 0 heteroatoms. The second kappa shape index (κ2) is 7.38. The van der Waals surface area contributed by atoms with Crippen molar-refractivity contribution in [3.63, 3.8) is 0 Å². The number of rotatable bonds is 6. The average Bonchev–Trinajstić information content (AvgIpc) is 3.38. The molecule has 126 valence electrons. The zero-order valence-electron chi connectivity index (χ0n) is 15.6. The van der Waals surface area contributed by atoms with Gasteiger partial charge in [-0.25, -0.2) is 0 Å². The molecule has 0 nitrogen and oxygen atoms in total. The molecule has 0 N–H and O–H groups in total. The van der Waals surface area contributed by atoms with Crippen LogP contribution >= 0.6 is 0 Å². The molecule has 3 rings (SSSR count). The lowest BCUT2D eigenvalue weighted by Crippen LogP contribution is -1.97. The van der Waals surface area contributed by atoms with Gasteiger partial charge < -0.3 is 0 Å². The van der Waals surface area contributed by atoms with Gasteiger partial charge in [0.1, 0.15) is 0 Å². The van der Waals surface area contributed by atoms with E-state index in [0.29, 0.717) is 5.92 Å². The standard InChI is InChI=1S/C24H30/c1-5-21(16-24-9-6-17(2)14-18(24)3)23-12-10-22(11-13-23)19(4)15-20-7-8-20/h5-6,9-14,19-20H,7-8,15-16H2,1-4H3. The van der Waals surface area contributed by atoms with E-state index < -0.39 is 0 Å².